The Morgan fingerprint density at radius 3 is 2.67 bits per heavy atom. The predicted molar refractivity (Wildman–Crippen MR) is 94.2 cm³/mol. The van der Waals surface area contributed by atoms with Gasteiger partial charge in [-0.25, -0.2) is 4.98 Å². The maximum absolute atomic E-state index is 13.1. The lowest BCUT2D eigenvalue weighted by Gasteiger charge is -2.24. The number of aromatic nitrogens is 1. The monoisotopic (exact) mass is 320 g/mol. The minimum absolute atomic E-state index is 0.128. The lowest BCUT2D eigenvalue weighted by molar-refractivity contribution is 0.0979. The highest BCUT2D eigenvalue weighted by Crippen LogP contribution is 2.33. The fourth-order valence-electron chi connectivity index (χ4n) is 3.17. The van der Waals surface area contributed by atoms with E-state index in [1.807, 2.05) is 38.2 Å². The van der Waals surface area contributed by atoms with E-state index in [4.69, 9.17) is 5.26 Å². The second-order valence-corrected chi connectivity index (χ2v) is 6.39. The van der Waals surface area contributed by atoms with Crippen molar-refractivity contribution in [2.75, 3.05) is 29.9 Å². The van der Waals surface area contributed by atoms with Gasteiger partial charge in [0.2, 0.25) is 0 Å². The number of carbonyl (C=O) groups is 1. The molecule has 1 aliphatic rings. The molecular weight excluding hydrogens is 300 g/mol. The van der Waals surface area contributed by atoms with E-state index in [1.54, 1.807) is 11.0 Å². The van der Waals surface area contributed by atoms with Gasteiger partial charge >= 0.3 is 0 Å². The fourth-order valence-corrected chi connectivity index (χ4v) is 3.17. The molecule has 0 bridgehead atoms. The molecule has 5 nitrogen and oxygen atoms in total. The lowest BCUT2D eigenvalue weighted by Crippen LogP contribution is -2.35. The van der Waals surface area contributed by atoms with Crippen molar-refractivity contribution in [3.05, 3.63) is 53.3 Å². The number of nitrogens with zero attached hydrogens (tertiary/aromatic N) is 4. The van der Waals surface area contributed by atoms with Gasteiger partial charge in [-0.15, -0.1) is 0 Å². The maximum atomic E-state index is 13.1. The molecule has 0 fully saturated rings. The summed E-state index contributed by atoms with van der Waals surface area (Å²) in [6, 6.07) is 11.7. The first-order chi connectivity index (χ1) is 11.5. The summed E-state index contributed by atoms with van der Waals surface area (Å²) in [4.78, 5) is 21.3. The number of fused-ring (bicyclic) bond motifs is 1. The van der Waals surface area contributed by atoms with Crippen LogP contribution in [0.15, 0.2) is 36.5 Å². The van der Waals surface area contributed by atoms with E-state index in [9.17, 15) is 4.79 Å². The number of amides is 1. The number of rotatable bonds is 1. The van der Waals surface area contributed by atoms with Crippen LogP contribution in [-0.4, -0.2) is 31.0 Å². The van der Waals surface area contributed by atoms with Gasteiger partial charge in [-0.2, -0.15) is 5.26 Å². The number of anilines is 2. The molecule has 1 atom stereocenters. The van der Waals surface area contributed by atoms with Gasteiger partial charge in [0.05, 0.1) is 16.9 Å². The maximum Gasteiger partial charge on any atom is 0.276 e. The fraction of sp³-hybridized carbons (Fsp3) is 0.316. The van der Waals surface area contributed by atoms with Crippen molar-refractivity contribution in [1.29, 1.82) is 5.26 Å². The molecule has 5 heteroatoms. The first kappa shape index (κ1) is 16.0. The van der Waals surface area contributed by atoms with E-state index in [2.05, 4.69) is 22.9 Å². The van der Waals surface area contributed by atoms with E-state index in [0.717, 1.165) is 23.5 Å². The Morgan fingerprint density at radius 2 is 2.00 bits per heavy atom. The van der Waals surface area contributed by atoms with Crippen molar-refractivity contribution in [2.24, 2.45) is 5.92 Å². The van der Waals surface area contributed by atoms with Crippen molar-refractivity contribution in [2.45, 2.75) is 13.8 Å². The van der Waals surface area contributed by atoms with E-state index in [-0.39, 0.29) is 5.91 Å². The zero-order valence-electron chi connectivity index (χ0n) is 14.2. The van der Waals surface area contributed by atoms with Gasteiger partial charge in [-0.3, -0.25) is 4.79 Å². The second kappa shape index (κ2) is 6.32. The average molecular weight is 320 g/mol. The molecule has 1 aromatic heterocycles. The van der Waals surface area contributed by atoms with Crippen LogP contribution < -0.4 is 9.80 Å². The Labute approximate surface area is 142 Å². The number of para-hydroxylation sites is 2. The Hall–Kier alpha value is -2.87. The second-order valence-electron chi connectivity index (χ2n) is 6.39. The third-order valence-electron chi connectivity index (χ3n) is 4.36. The molecule has 0 N–H and O–H groups in total. The van der Waals surface area contributed by atoms with Gasteiger partial charge in [-0.05, 0) is 36.6 Å². The molecule has 1 unspecified atom stereocenters. The van der Waals surface area contributed by atoms with Crippen LogP contribution in [0.2, 0.25) is 0 Å². The van der Waals surface area contributed by atoms with Crippen LogP contribution in [-0.2, 0) is 0 Å². The van der Waals surface area contributed by atoms with E-state index >= 15 is 0 Å². The quantitative estimate of drug-likeness (QED) is 0.810. The van der Waals surface area contributed by atoms with Crippen molar-refractivity contribution in [3.63, 3.8) is 0 Å². The summed E-state index contributed by atoms with van der Waals surface area (Å²) in [6.45, 7) is 5.49. The van der Waals surface area contributed by atoms with Crippen molar-refractivity contribution < 1.29 is 4.79 Å². The standard InChI is InChI=1S/C19H20N4O/c1-13-11-22(3)17-6-4-5-7-18(17)23(12-13)19(24)16-8-14(2)15(9-20)10-21-16/h4-8,10,13H,11-12H2,1-3H3. The molecule has 0 radical (unpaired) electrons. The average Bonchev–Trinajstić information content (AvgIpc) is 2.71. The Kier molecular flexibility index (Phi) is 4.22. The summed E-state index contributed by atoms with van der Waals surface area (Å²) in [5, 5.41) is 9.04. The van der Waals surface area contributed by atoms with Gasteiger partial charge in [-0.1, -0.05) is 19.1 Å². The molecular formula is C19H20N4O. The molecule has 1 aromatic carbocycles. The molecule has 0 saturated carbocycles. The summed E-state index contributed by atoms with van der Waals surface area (Å²) in [6.07, 6.45) is 1.47. The van der Waals surface area contributed by atoms with E-state index in [0.29, 0.717) is 23.7 Å². The molecule has 122 valence electrons. The van der Waals surface area contributed by atoms with E-state index < -0.39 is 0 Å². The molecule has 0 saturated heterocycles. The number of pyridine rings is 1. The molecule has 0 spiro atoms. The van der Waals surface area contributed by atoms with Crippen LogP contribution in [0.5, 0.6) is 0 Å². The first-order valence-electron chi connectivity index (χ1n) is 8.00. The smallest absolute Gasteiger partial charge is 0.276 e. The van der Waals surface area contributed by atoms with Crippen molar-refractivity contribution >= 4 is 17.3 Å². The van der Waals surface area contributed by atoms with Crippen LogP contribution in [0.3, 0.4) is 0 Å². The third kappa shape index (κ3) is 2.83. The molecule has 24 heavy (non-hydrogen) atoms. The molecule has 2 heterocycles. The highest BCUT2D eigenvalue weighted by molar-refractivity contribution is 6.07. The summed E-state index contributed by atoms with van der Waals surface area (Å²) in [7, 11) is 2.05. The number of carbonyl (C=O) groups excluding carboxylic acids is 1. The van der Waals surface area contributed by atoms with Crippen LogP contribution in [0.1, 0.15) is 28.5 Å². The Balaban J connectivity index is 2.04. The minimum Gasteiger partial charge on any atom is -0.373 e. The minimum atomic E-state index is -0.128. The lowest BCUT2D eigenvalue weighted by atomic mass is 10.1. The largest absolute Gasteiger partial charge is 0.373 e. The van der Waals surface area contributed by atoms with E-state index in [1.165, 1.54) is 6.20 Å². The Bertz CT molecular complexity index is 824. The van der Waals surface area contributed by atoms with Crippen molar-refractivity contribution in [3.8, 4) is 6.07 Å². The summed E-state index contributed by atoms with van der Waals surface area (Å²) < 4.78 is 0. The topological polar surface area (TPSA) is 60.2 Å². The zero-order valence-corrected chi connectivity index (χ0v) is 14.2. The van der Waals surface area contributed by atoms with Crippen molar-refractivity contribution in [1.82, 2.24) is 4.98 Å². The van der Waals surface area contributed by atoms with Gasteiger partial charge in [0.25, 0.3) is 5.91 Å². The number of nitriles is 1. The number of aryl methyl sites for hydroxylation is 1. The van der Waals surface area contributed by atoms with Gasteiger partial charge in [0.15, 0.2) is 0 Å². The molecule has 3 rings (SSSR count). The predicted octanol–water partition coefficient (Wildman–Crippen LogP) is 2.99. The normalized spacial score (nSPS) is 17.0. The highest BCUT2D eigenvalue weighted by atomic mass is 16.2. The van der Waals surface area contributed by atoms with Crippen LogP contribution in [0, 0.1) is 24.2 Å². The SMILES string of the molecule is Cc1cc(C(=O)N2CC(C)CN(C)c3ccccc32)ncc1C#N. The molecule has 2 aromatic rings. The van der Waals surface area contributed by atoms with Gasteiger partial charge < -0.3 is 9.80 Å². The van der Waals surface area contributed by atoms with Gasteiger partial charge in [0, 0.05) is 26.3 Å². The summed E-state index contributed by atoms with van der Waals surface area (Å²) in [5.74, 6) is 0.211. The number of benzene rings is 1. The van der Waals surface area contributed by atoms with Gasteiger partial charge in [0.1, 0.15) is 11.8 Å². The van der Waals surface area contributed by atoms with Crippen LogP contribution in [0.25, 0.3) is 0 Å². The molecule has 1 amide bonds. The Morgan fingerprint density at radius 1 is 1.29 bits per heavy atom. The van der Waals surface area contributed by atoms with Crippen LogP contribution in [0.4, 0.5) is 11.4 Å². The molecule has 1 aliphatic heterocycles. The number of hydrogen-bond acceptors (Lipinski definition) is 4. The number of hydrogen-bond donors (Lipinski definition) is 0. The first-order valence-corrected chi connectivity index (χ1v) is 8.00. The molecule has 0 aliphatic carbocycles. The summed E-state index contributed by atoms with van der Waals surface area (Å²) >= 11 is 0. The zero-order chi connectivity index (χ0) is 17.3. The highest BCUT2D eigenvalue weighted by Gasteiger charge is 2.28. The summed E-state index contributed by atoms with van der Waals surface area (Å²) in [5.41, 5.74) is 3.58. The van der Waals surface area contributed by atoms with Crippen LogP contribution >= 0.6 is 0 Å². The third-order valence-corrected chi connectivity index (χ3v) is 4.36.